The Balaban J connectivity index is -0.000000605. The van der Waals surface area contributed by atoms with Gasteiger partial charge in [0.05, 0.1) is 12.3 Å². The fourth-order valence-electron chi connectivity index (χ4n) is 0.784. The lowest BCUT2D eigenvalue weighted by Crippen LogP contribution is -2.19. The van der Waals surface area contributed by atoms with Crippen molar-refractivity contribution in [3.63, 3.8) is 0 Å². The molecule has 0 heterocycles. The van der Waals surface area contributed by atoms with Crippen LogP contribution in [0.4, 0.5) is 0 Å². The average Bonchev–Trinajstić information content (AvgIpc) is 1.96. The zero-order chi connectivity index (χ0) is 9.56. The van der Waals surface area contributed by atoms with Gasteiger partial charge >= 0.3 is 11.9 Å². The van der Waals surface area contributed by atoms with Crippen molar-refractivity contribution < 1.29 is 24.5 Å². The SMILES string of the molecule is C.C.COCCC(CC(=O)O)C(=O)O. The number of ether oxygens (including phenoxy) is 1. The van der Waals surface area contributed by atoms with Gasteiger partial charge in [-0.25, -0.2) is 0 Å². The second kappa shape index (κ2) is 9.98. The standard InChI is InChI=1S/C7H12O5.2CH4/c1-12-3-2-5(7(10)11)4-6(8)9;;/h5H,2-4H2,1H3,(H,8,9)(H,10,11);2*1H4. The summed E-state index contributed by atoms with van der Waals surface area (Å²) in [6.45, 7) is 0.268. The highest BCUT2D eigenvalue weighted by atomic mass is 16.5. The Kier molecular flexibility index (Phi) is 13.3. The Morgan fingerprint density at radius 1 is 1.29 bits per heavy atom. The van der Waals surface area contributed by atoms with Gasteiger partial charge in [0.25, 0.3) is 0 Å². The Morgan fingerprint density at radius 2 is 1.79 bits per heavy atom. The third-order valence-corrected chi connectivity index (χ3v) is 1.44. The minimum atomic E-state index is -1.10. The third kappa shape index (κ3) is 8.99. The van der Waals surface area contributed by atoms with E-state index in [-0.39, 0.29) is 34.3 Å². The normalized spacial score (nSPS) is 10.6. The third-order valence-electron chi connectivity index (χ3n) is 1.44. The first-order valence-corrected chi connectivity index (χ1v) is 3.51. The lowest BCUT2D eigenvalue weighted by atomic mass is 10.0. The van der Waals surface area contributed by atoms with Crippen LogP contribution in [0, 0.1) is 5.92 Å². The number of methoxy groups -OCH3 is 1. The molecule has 0 amide bonds. The van der Waals surface area contributed by atoms with E-state index in [2.05, 4.69) is 4.74 Å². The van der Waals surface area contributed by atoms with Crippen LogP contribution in [-0.2, 0) is 14.3 Å². The van der Waals surface area contributed by atoms with Crippen molar-refractivity contribution in [2.24, 2.45) is 5.92 Å². The Hall–Kier alpha value is -1.10. The van der Waals surface area contributed by atoms with E-state index in [1.54, 1.807) is 0 Å². The number of aliphatic carboxylic acids is 2. The van der Waals surface area contributed by atoms with Crippen molar-refractivity contribution >= 4 is 11.9 Å². The molecule has 0 rings (SSSR count). The van der Waals surface area contributed by atoms with Crippen LogP contribution in [0.5, 0.6) is 0 Å². The largest absolute Gasteiger partial charge is 0.481 e. The molecule has 5 nitrogen and oxygen atoms in total. The molecule has 0 aliphatic carbocycles. The molecule has 86 valence electrons. The molecule has 0 aliphatic heterocycles. The maximum absolute atomic E-state index is 10.4. The highest BCUT2D eigenvalue weighted by Gasteiger charge is 2.20. The fraction of sp³-hybridized carbons (Fsp3) is 0.778. The van der Waals surface area contributed by atoms with E-state index in [1.165, 1.54) is 7.11 Å². The molecule has 0 bridgehead atoms. The van der Waals surface area contributed by atoms with E-state index in [4.69, 9.17) is 10.2 Å². The topological polar surface area (TPSA) is 83.8 Å². The van der Waals surface area contributed by atoms with Crippen LogP contribution in [0.1, 0.15) is 27.7 Å². The van der Waals surface area contributed by atoms with Crippen LogP contribution < -0.4 is 0 Å². The number of hydrogen-bond acceptors (Lipinski definition) is 3. The second-order valence-electron chi connectivity index (χ2n) is 2.41. The second-order valence-corrected chi connectivity index (χ2v) is 2.41. The molecule has 0 radical (unpaired) electrons. The van der Waals surface area contributed by atoms with E-state index in [9.17, 15) is 9.59 Å². The molecule has 1 unspecified atom stereocenters. The van der Waals surface area contributed by atoms with Gasteiger partial charge in [-0.2, -0.15) is 0 Å². The number of rotatable bonds is 6. The fourth-order valence-corrected chi connectivity index (χ4v) is 0.784. The van der Waals surface area contributed by atoms with E-state index >= 15 is 0 Å². The number of hydrogen-bond donors (Lipinski definition) is 2. The van der Waals surface area contributed by atoms with Gasteiger partial charge in [-0.3, -0.25) is 9.59 Å². The molecular weight excluding hydrogens is 188 g/mol. The van der Waals surface area contributed by atoms with Gasteiger partial charge in [-0.1, -0.05) is 14.9 Å². The molecule has 0 spiro atoms. The summed E-state index contributed by atoms with van der Waals surface area (Å²) in [6, 6.07) is 0. The van der Waals surface area contributed by atoms with E-state index in [0.717, 1.165) is 0 Å². The molecule has 5 heteroatoms. The monoisotopic (exact) mass is 208 g/mol. The maximum atomic E-state index is 10.4. The molecule has 0 aromatic heterocycles. The smallest absolute Gasteiger partial charge is 0.307 e. The van der Waals surface area contributed by atoms with Crippen molar-refractivity contribution in [3.05, 3.63) is 0 Å². The van der Waals surface area contributed by atoms with Gasteiger partial charge in [0, 0.05) is 13.7 Å². The molecule has 0 fully saturated rings. The minimum Gasteiger partial charge on any atom is -0.481 e. The first kappa shape index (κ1) is 18.6. The van der Waals surface area contributed by atoms with Crippen molar-refractivity contribution in [2.75, 3.05) is 13.7 Å². The predicted octanol–water partition coefficient (Wildman–Crippen LogP) is 1.47. The maximum Gasteiger partial charge on any atom is 0.307 e. The number of carbonyl (C=O) groups is 2. The number of carboxylic acid groups (broad SMARTS) is 2. The van der Waals surface area contributed by atoms with Gasteiger partial charge in [0.15, 0.2) is 0 Å². The molecule has 2 N–H and O–H groups in total. The van der Waals surface area contributed by atoms with E-state index < -0.39 is 17.9 Å². The number of carboxylic acids is 2. The highest BCUT2D eigenvalue weighted by Crippen LogP contribution is 2.08. The average molecular weight is 208 g/mol. The van der Waals surface area contributed by atoms with Crippen molar-refractivity contribution in [1.29, 1.82) is 0 Å². The summed E-state index contributed by atoms with van der Waals surface area (Å²) in [4.78, 5) is 20.6. The van der Waals surface area contributed by atoms with Crippen LogP contribution >= 0.6 is 0 Å². The summed E-state index contributed by atoms with van der Waals surface area (Å²) in [5, 5.41) is 16.9. The first-order chi connectivity index (χ1) is 5.57. The molecule has 0 aliphatic rings. The summed E-state index contributed by atoms with van der Waals surface area (Å²) in [5.41, 5.74) is 0. The molecule has 0 saturated carbocycles. The van der Waals surface area contributed by atoms with E-state index in [0.29, 0.717) is 0 Å². The Morgan fingerprint density at radius 3 is 2.07 bits per heavy atom. The first-order valence-electron chi connectivity index (χ1n) is 3.51. The van der Waals surface area contributed by atoms with Gasteiger partial charge in [0.2, 0.25) is 0 Å². The Bertz CT molecular complexity index is 167. The summed E-state index contributed by atoms with van der Waals surface area (Å²) < 4.78 is 4.65. The minimum absolute atomic E-state index is 0. The molecule has 0 saturated heterocycles. The molecule has 0 aromatic carbocycles. The zero-order valence-electron chi connectivity index (χ0n) is 6.82. The summed E-state index contributed by atoms with van der Waals surface area (Å²) in [6.07, 6.45) is -0.114. The van der Waals surface area contributed by atoms with Crippen LogP contribution in [-0.4, -0.2) is 35.9 Å². The van der Waals surface area contributed by atoms with E-state index in [1.807, 2.05) is 0 Å². The van der Waals surface area contributed by atoms with Crippen LogP contribution in [0.2, 0.25) is 0 Å². The summed E-state index contributed by atoms with van der Waals surface area (Å²) in [7, 11) is 1.44. The van der Waals surface area contributed by atoms with Crippen LogP contribution in [0.25, 0.3) is 0 Å². The molecule has 1 atom stereocenters. The van der Waals surface area contributed by atoms with Crippen LogP contribution in [0.15, 0.2) is 0 Å². The molecule has 0 aromatic rings. The van der Waals surface area contributed by atoms with Crippen molar-refractivity contribution in [3.8, 4) is 0 Å². The molecule has 14 heavy (non-hydrogen) atoms. The lowest BCUT2D eigenvalue weighted by Gasteiger charge is -2.07. The van der Waals surface area contributed by atoms with Gasteiger partial charge in [-0.05, 0) is 6.42 Å². The lowest BCUT2D eigenvalue weighted by molar-refractivity contribution is -0.148. The predicted molar refractivity (Wildman–Crippen MR) is 53.3 cm³/mol. The summed E-state index contributed by atoms with van der Waals surface area (Å²) in [5.74, 6) is -3.03. The zero-order valence-corrected chi connectivity index (χ0v) is 6.82. The summed E-state index contributed by atoms with van der Waals surface area (Å²) >= 11 is 0. The van der Waals surface area contributed by atoms with Gasteiger partial charge in [-0.15, -0.1) is 0 Å². The highest BCUT2D eigenvalue weighted by molar-refractivity contribution is 5.77. The Labute approximate surface area is 84.7 Å². The van der Waals surface area contributed by atoms with Crippen molar-refractivity contribution in [2.45, 2.75) is 27.7 Å². The molecular formula is C9H20O5. The quantitative estimate of drug-likeness (QED) is 0.690. The van der Waals surface area contributed by atoms with Gasteiger partial charge < -0.3 is 14.9 Å². The van der Waals surface area contributed by atoms with Crippen LogP contribution in [0.3, 0.4) is 0 Å². The van der Waals surface area contributed by atoms with Gasteiger partial charge in [0.1, 0.15) is 0 Å². The van der Waals surface area contributed by atoms with Crippen molar-refractivity contribution in [1.82, 2.24) is 0 Å².